The number of hydrogen-bond donors (Lipinski definition) is 0. The third-order valence-electron chi connectivity index (χ3n) is 14.3. The number of aryl methyl sites for hydroxylation is 4. The molecule has 0 aliphatic rings. The van der Waals surface area contributed by atoms with Gasteiger partial charge in [-0.25, -0.2) is 9.59 Å². The molecule has 13 rings (SSSR count). The molecule has 0 aliphatic carbocycles. The van der Waals surface area contributed by atoms with Crippen LogP contribution >= 0.6 is 0 Å². The van der Waals surface area contributed by atoms with Gasteiger partial charge in [0.2, 0.25) is 0 Å². The maximum Gasteiger partial charge on any atom is 0.345 e. The monoisotopic (exact) mass is 955 g/mol. The number of para-hydroxylation sites is 2. The zero-order chi connectivity index (χ0) is 49.5. The van der Waals surface area contributed by atoms with Crippen molar-refractivity contribution in [2.45, 2.75) is 25.7 Å². The minimum atomic E-state index is -0.394. The first-order valence-electron chi connectivity index (χ1n) is 24.9. The predicted molar refractivity (Wildman–Crippen MR) is 299 cm³/mol. The molecule has 7 heteroatoms. The largest absolute Gasteiger partial charge is 0.422 e. The number of nitrogens with zero attached hydrogens (tertiary/aromatic N) is 3. The lowest BCUT2D eigenvalue weighted by atomic mass is 9.87. The average molecular weight is 956 g/mol. The SMILES string of the molecule is O=c1oc2ccccc2c2ncc(CCc3cc(CCc4cnc5c(c4)c(=O)oc4ccccc45)cc(-c4ccccc4-c4cnc(-c5cccc6ccccc56)cc4-c4ccc(-c5ccccc5)cc4)c3)cc12. The molecule has 0 unspecified atom stereocenters. The first-order chi connectivity index (χ1) is 36.5. The lowest BCUT2D eigenvalue weighted by Crippen LogP contribution is -2.04. The summed E-state index contributed by atoms with van der Waals surface area (Å²) in [7, 11) is 0. The summed E-state index contributed by atoms with van der Waals surface area (Å²) >= 11 is 0. The number of pyridine rings is 3. The van der Waals surface area contributed by atoms with E-state index in [4.69, 9.17) is 23.8 Å². The maximum absolute atomic E-state index is 13.2. The van der Waals surface area contributed by atoms with Gasteiger partial charge in [0, 0.05) is 40.5 Å². The zero-order valence-corrected chi connectivity index (χ0v) is 40.2. The lowest BCUT2D eigenvalue weighted by Gasteiger charge is -2.18. The Morgan fingerprint density at radius 1 is 0.311 bits per heavy atom. The molecule has 7 nitrogen and oxygen atoms in total. The average Bonchev–Trinajstić information content (AvgIpc) is 3.46. The van der Waals surface area contributed by atoms with Crippen LogP contribution in [-0.2, 0) is 25.7 Å². The Morgan fingerprint density at radius 3 is 1.46 bits per heavy atom. The van der Waals surface area contributed by atoms with E-state index in [1.54, 1.807) is 12.1 Å². The molecule has 13 aromatic rings. The number of benzene rings is 8. The van der Waals surface area contributed by atoms with E-state index in [0.29, 0.717) is 58.7 Å². The van der Waals surface area contributed by atoms with E-state index in [9.17, 15) is 9.59 Å². The van der Waals surface area contributed by atoms with Gasteiger partial charge >= 0.3 is 11.3 Å². The number of rotatable bonds is 11. The molecule has 5 heterocycles. The highest BCUT2D eigenvalue weighted by Gasteiger charge is 2.19. The minimum Gasteiger partial charge on any atom is -0.422 e. The predicted octanol–water partition coefficient (Wildman–Crippen LogP) is 15.4. The molecule has 0 N–H and O–H groups in total. The van der Waals surface area contributed by atoms with Crippen LogP contribution in [0.1, 0.15) is 22.3 Å². The summed E-state index contributed by atoms with van der Waals surface area (Å²) in [5.74, 6) is 0. The summed E-state index contributed by atoms with van der Waals surface area (Å²) in [5, 5.41) is 4.89. The molecule has 0 spiro atoms. The Balaban J connectivity index is 0.912. The molecule has 0 aliphatic heterocycles. The van der Waals surface area contributed by atoms with Crippen LogP contribution in [0.5, 0.6) is 0 Å². The third kappa shape index (κ3) is 8.40. The fourth-order valence-corrected chi connectivity index (χ4v) is 10.6. The summed E-state index contributed by atoms with van der Waals surface area (Å²) in [6.07, 6.45) is 8.50. The lowest BCUT2D eigenvalue weighted by molar-refractivity contribution is 0.569. The van der Waals surface area contributed by atoms with Crippen molar-refractivity contribution in [3.05, 3.63) is 268 Å². The quantitative estimate of drug-likeness (QED) is 0.0940. The number of aromatic nitrogens is 3. The summed E-state index contributed by atoms with van der Waals surface area (Å²) in [6.45, 7) is 0. The summed E-state index contributed by atoms with van der Waals surface area (Å²) in [6, 6.07) is 70.8. The summed E-state index contributed by atoms with van der Waals surface area (Å²) in [4.78, 5) is 41.4. The molecule has 0 saturated heterocycles. The van der Waals surface area contributed by atoms with E-state index >= 15 is 0 Å². The molecule has 0 radical (unpaired) electrons. The summed E-state index contributed by atoms with van der Waals surface area (Å²) in [5.41, 5.74) is 16.4. The van der Waals surface area contributed by atoms with E-state index in [1.165, 1.54) is 5.56 Å². The third-order valence-corrected chi connectivity index (χ3v) is 14.3. The van der Waals surface area contributed by atoms with Crippen molar-refractivity contribution in [2.24, 2.45) is 0 Å². The normalized spacial score (nSPS) is 11.6. The fraction of sp³-hybridized carbons (Fsp3) is 0.0597. The molecule has 8 aromatic carbocycles. The van der Waals surface area contributed by atoms with Gasteiger partial charge in [0.25, 0.3) is 0 Å². The highest BCUT2D eigenvalue weighted by molar-refractivity contribution is 6.03. The Labute approximate surface area is 425 Å². The highest BCUT2D eigenvalue weighted by Crippen LogP contribution is 2.41. The Hall–Kier alpha value is -9.59. The Bertz CT molecular complexity index is 4270. The van der Waals surface area contributed by atoms with Crippen LogP contribution in [0.15, 0.2) is 243 Å². The van der Waals surface area contributed by atoms with Crippen LogP contribution in [0.4, 0.5) is 0 Å². The molecule has 0 bridgehead atoms. The van der Waals surface area contributed by atoms with E-state index in [1.807, 2.05) is 73.2 Å². The highest BCUT2D eigenvalue weighted by atomic mass is 16.4. The first kappa shape index (κ1) is 44.4. The molecular weight excluding hydrogens is 911 g/mol. The van der Waals surface area contributed by atoms with Gasteiger partial charge in [0.05, 0.1) is 27.5 Å². The molecule has 5 aromatic heterocycles. The van der Waals surface area contributed by atoms with E-state index in [0.717, 1.165) is 94.0 Å². The summed E-state index contributed by atoms with van der Waals surface area (Å²) < 4.78 is 11.4. The zero-order valence-electron chi connectivity index (χ0n) is 40.2. The Kier molecular flexibility index (Phi) is 11.3. The van der Waals surface area contributed by atoms with Crippen molar-refractivity contribution < 1.29 is 8.83 Å². The fourth-order valence-electron chi connectivity index (χ4n) is 10.6. The molecule has 352 valence electrons. The van der Waals surface area contributed by atoms with Gasteiger partial charge in [-0.2, -0.15) is 0 Å². The van der Waals surface area contributed by atoms with Crippen molar-refractivity contribution in [2.75, 3.05) is 0 Å². The van der Waals surface area contributed by atoms with Gasteiger partial charge in [-0.3, -0.25) is 15.0 Å². The van der Waals surface area contributed by atoms with Crippen molar-refractivity contribution in [3.63, 3.8) is 0 Å². The second kappa shape index (κ2) is 18.9. The van der Waals surface area contributed by atoms with Crippen molar-refractivity contribution in [1.82, 2.24) is 15.0 Å². The maximum atomic E-state index is 13.2. The topological polar surface area (TPSA) is 99.1 Å². The van der Waals surface area contributed by atoms with Crippen molar-refractivity contribution >= 4 is 54.5 Å². The second-order valence-electron chi connectivity index (χ2n) is 18.9. The molecular formula is C67H45N3O4. The van der Waals surface area contributed by atoms with Crippen LogP contribution in [-0.4, -0.2) is 15.0 Å². The molecule has 74 heavy (non-hydrogen) atoms. The van der Waals surface area contributed by atoms with E-state index < -0.39 is 11.3 Å². The van der Waals surface area contributed by atoms with Gasteiger partial charge < -0.3 is 8.83 Å². The van der Waals surface area contributed by atoms with Gasteiger partial charge in [-0.05, 0) is 140 Å². The number of hydrogen-bond acceptors (Lipinski definition) is 7. The first-order valence-corrected chi connectivity index (χ1v) is 24.9. The molecule has 0 fully saturated rings. The van der Waals surface area contributed by atoms with Crippen LogP contribution in [0.2, 0.25) is 0 Å². The minimum absolute atomic E-state index is 0.394. The van der Waals surface area contributed by atoms with Gasteiger partial charge in [0.15, 0.2) is 0 Å². The van der Waals surface area contributed by atoms with E-state index in [2.05, 4.69) is 140 Å². The van der Waals surface area contributed by atoms with Gasteiger partial charge in [-0.1, -0.05) is 164 Å². The van der Waals surface area contributed by atoms with Crippen LogP contribution < -0.4 is 11.3 Å². The van der Waals surface area contributed by atoms with Gasteiger partial charge in [0.1, 0.15) is 11.2 Å². The van der Waals surface area contributed by atoms with Crippen molar-refractivity contribution in [1.29, 1.82) is 0 Å². The second-order valence-corrected chi connectivity index (χ2v) is 18.9. The molecule has 0 atom stereocenters. The molecule has 0 saturated carbocycles. The molecule has 0 amide bonds. The Morgan fingerprint density at radius 2 is 0.811 bits per heavy atom. The van der Waals surface area contributed by atoms with Gasteiger partial charge in [-0.15, -0.1) is 0 Å². The smallest absolute Gasteiger partial charge is 0.345 e. The van der Waals surface area contributed by atoms with Crippen molar-refractivity contribution in [3.8, 4) is 55.8 Å². The standard InChI is InChI=1S/C67H45N3O4/c71-66-58-36-44(39-69-64(58)55-20-8-10-23-62(55)73-66)27-25-42-33-43(26-28-45-37-59-65(70-40-45)56-21-9-11-24-63(56)74-67(59)72)35-50(34-42)52-18-6-7-19-53(52)60-41-68-61(54-22-12-16-48-15-4-5-17-51(48)54)38-57(60)49-31-29-47(30-32-49)46-13-2-1-3-14-46/h1-24,29-41H,25-28H2. The van der Waals surface area contributed by atoms with Crippen LogP contribution in [0, 0.1) is 0 Å². The van der Waals surface area contributed by atoms with Crippen LogP contribution in [0.3, 0.4) is 0 Å². The van der Waals surface area contributed by atoms with E-state index in [-0.39, 0.29) is 0 Å². The number of fused-ring (bicyclic) bond motifs is 7. The van der Waals surface area contributed by atoms with Crippen LogP contribution in [0.25, 0.3) is 110 Å².